The number of carbonyl (C=O) groups is 1. The molecule has 1 N–H and O–H groups in total. The Morgan fingerprint density at radius 3 is 2.77 bits per heavy atom. The van der Waals surface area contributed by atoms with Crippen molar-refractivity contribution in [1.29, 1.82) is 5.26 Å². The number of thiazole rings is 1. The van der Waals surface area contributed by atoms with Crippen molar-refractivity contribution in [2.75, 3.05) is 46.1 Å². The summed E-state index contributed by atoms with van der Waals surface area (Å²) >= 11 is 1.59. The number of anilines is 1. The monoisotopic (exact) mass is 374 g/mol. The molecule has 1 fully saturated rings. The van der Waals surface area contributed by atoms with Crippen LogP contribution in [0, 0.1) is 11.3 Å². The number of nitrogens with one attached hydrogen (secondary N) is 1. The summed E-state index contributed by atoms with van der Waals surface area (Å²) in [6.07, 6.45) is 4.33. The Kier molecular flexibility index (Phi) is 5.91. The summed E-state index contributed by atoms with van der Waals surface area (Å²) in [7, 11) is 5.98. The van der Waals surface area contributed by atoms with Crippen LogP contribution in [0.25, 0.3) is 0 Å². The predicted molar refractivity (Wildman–Crippen MR) is 103 cm³/mol. The minimum absolute atomic E-state index is 0.122. The van der Waals surface area contributed by atoms with Crippen LogP contribution in [0.15, 0.2) is 11.8 Å². The van der Waals surface area contributed by atoms with Gasteiger partial charge in [-0.15, -0.1) is 11.3 Å². The molecule has 0 spiro atoms. The van der Waals surface area contributed by atoms with Crippen molar-refractivity contribution in [2.24, 2.45) is 0 Å². The lowest BCUT2D eigenvalue weighted by atomic mass is 10.0. The van der Waals surface area contributed by atoms with Crippen LogP contribution in [0.4, 0.5) is 5.13 Å². The van der Waals surface area contributed by atoms with E-state index in [-0.39, 0.29) is 17.5 Å². The highest BCUT2D eigenvalue weighted by molar-refractivity contribution is 7.15. The first-order valence-electron chi connectivity index (χ1n) is 8.97. The van der Waals surface area contributed by atoms with Gasteiger partial charge in [-0.2, -0.15) is 5.26 Å². The maximum atomic E-state index is 12.7. The second kappa shape index (κ2) is 8.16. The van der Waals surface area contributed by atoms with Gasteiger partial charge in [0.15, 0.2) is 5.13 Å². The number of amides is 1. The fourth-order valence-electron chi connectivity index (χ4n) is 3.40. The molecule has 1 amide bonds. The van der Waals surface area contributed by atoms with Crippen LogP contribution in [0.5, 0.6) is 0 Å². The fourth-order valence-corrected chi connectivity index (χ4v) is 4.46. The Hall–Kier alpha value is -1.95. The van der Waals surface area contributed by atoms with E-state index >= 15 is 0 Å². The van der Waals surface area contributed by atoms with Crippen LogP contribution in [-0.2, 0) is 17.8 Å². The largest absolute Gasteiger partial charge is 0.338 e. The number of fused-ring (bicyclic) bond motifs is 1. The third-order valence-corrected chi connectivity index (χ3v) is 6.18. The number of rotatable bonds is 4. The molecule has 0 radical (unpaired) electrons. The molecular weight excluding hydrogens is 348 g/mol. The molecule has 1 saturated heterocycles. The van der Waals surface area contributed by atoms with Crippen LogP contribution >= 0.6 is 11.3 Å². The van der Waals surface area contributed by atoms with Gasteiger partial charge in [-0.25, -0.2) is 4.98 Å². The van der Waals surface area contributed by atoms with E-state index < -0.39 is 0 Å². The van der Waals surface area contributed by atoms with E-state index in [1.807, 2.05) is 6.07 Å². The normalized spacial score (nSPS) is 19.7. The highest BCUT2D eigenvalue weighted by Crippen LogP contribution is 2.27. The van der Waals surface area contributed by atoms with Gasteiger partial charge in [-0.05, 0) is 40.0 Å². The topological polar surface area (TPSA) is 75.5 Å². The maximum absolute atomic E-state index is 12.7. The minimum Gasteiger partial charge on any atom is -0.338 e. The molecular formula is C18H26N6OS. The van der Waals surface area contributed by atoms with Crippen LogP contribution in [-0.4, -0.2) is 72.4 Å². The molecule has 26 heavy (non-hydrogen) atoms. The lowest BCUT2D eigenvalue weighted by Crippen LogP contribution is -2.44. The van der Waals surface area contributed by atoms with Crippen LogP contribution in [0.2, 0.25) is 0 Å². The van der Waals surface area contributed by atoms with E-state index in [4.69, 9.17) is 0 Å². The number of aromatic nitrogens is 1. The summed E-state index contributed by atoms with van der Waals surface area (Å²) in [5, 5.41) is 13.2. The summed E-state index contributed by atoms with van der Waals surface area (Å²) in [6.45, 7) is 3.87. The average Bonchev–Trinajstić information content (AvgIpc) is 3.04. The Balaban J connectivity index is 1.64. The first-order valence-corrected chi connectivity index (χ1v) is 9.79. The van der Waals surface area contributed by atoms with Gasteiger partial charge in [0.2, 0.25) is 0 Å². The van der Waals surface area contributed by atoms with Crippen LogP contribution in [0.1, 0.15) is 23.4 Å². The van der Waals surface area contributed by atoms with Crippen molar-refractivity contribution < 1.29 is 4.79 Å². The summed E-state index contributed by atoms with van der Waals surface area (Å²) in [6, 6.07) is 2.23. The number of carbonyl (C=O) groups excluding carboxylic acids is 1. The number of piperidine rings is 1. The fraction of sp³-hybridized carbons (Fsp3) is 0.611. The van der Waals surface area contributed by atoms with Gasteiger partial charge >= 0.3 is 0 Å². The second-order valence-corrected chi connectivity index (χ2v) is 8.22. The summed E-state index contributed by atoms with van der Waals surface area (Å²) in [5.74, 6) is -0.226. The van der Waals surface area contributed by atoms with Crippen molar-refractivity contribution in [2.45, 2.75) is 31.8 Å². The molecule has 1 aromatic heterocycles. The molecule has 7 nitrogen and oxygen atoms in total. The lowest BCUT2D eigenvalue weighted by molar-refractivity contribution is -0.128. The first kappa shape index (κ1) is 18.8. The SMILES string of the molecule is CN1CCC(N(C)C(=O)/C(C#N)=C\Nc2nc3c(s2)CN(C)CC3)CC1. The average molecular weight is 375 g/mol. The molecule has 0 bridgehead atoms. The Morgan fingerprint density at radius 2 is 2.08 bits per heavy atom. The highest BCUT2D eigenvalue weighted by Gasteiger charge is 2.26. The molecule has 0 saturated carbocycles. The molecule has 3 rings (SSSR count). The molecule has 140 valence electrons. The number of likely N-dealkylation sites (N-methyl/N-ethyl adjacent to an activating group) is 2. The molecule has 2 aliphatic rings. The van der Waals surface area contributed by atoms with Crippen molar-refractivity contribution in [3.63, 3.8) is 0 Å². The van der Waals surface area contributed by atoms with Crippen LogP contribution < -0.4 is 5.32 Å². The predicted octanol–water partition coefficient (Wildman–Crippen LogP) is 1.50. The zero-order valence-electron chi connectivity index (χ0n) is 15.7. The molecule has 0 aliphatic carbocycles. The van der Waals surface area contributed by atoms with Crippen molar-refractivity contribution in [3.8, 4) is 6.07 Å². The van der Waals surface area contributed by atoms with Crippen molar-refractivity contribution in [1.82, 2.24) is 19.7 Å². The summed E-state index contributed by atoms with van der Waals surface area (Å²) in [4.78, 5) is 24.8. The van der Waals surface area contributed by atoms with Gasteiger partial charge in [-0.3, -0.25) is 4.79 Å². The molecule has 3 heterocycles. The van der Waals surface area contributed by atoms with E-state index in [1.165, 1.54) is 11.1 Å². The van der Waals surface area contributed by atoms with Gasteiger partial charge in [0, 0.05) is 43.7 Å². The number of likely N-dealkylation sites (tertiary alicyclic amines) is 1. The Morgan fingerprint density at radius 1 is 1.35 bits per heavy atom. The van der Waals surface area contributed by atoms with Gasteiger partial charge in [0.25, 0.3) is 5.91 Å². The van der Waals surface area contributed by atoms with Gasteiger partial charge in [0.1, 0.15) is 11.6 Å². The minimum atomic E-state index is -0.226. The van der Waals surface area contributed by atoms with E-state index in [1.54, 1.807) is 23.3 Å². The number of nitriles is 1. The summed E-state index contributed by atoms with van der Waals surface area (Å²) < 4.78 is 0. The summed E-state index contributed by atoms with van der Waals surface area (Å²) in [5.41, 5.74) is 1.24. The molecule has 0 unspecified atom stereocenters. The Labute approximate surface area is 158 Å². The maximum Gasteiger partial charge on any atom is 0.266 e. The van der Waals surface area contributed by atoms with Crippen molar-refractivity contribution in [3.05, 3.63) is 22.3 Å². The van der Waals surface area contributed by atoms with Crippen LogP contribution in [0.3, 0.4) is 0 Å². The third kappa shape index (κ3) is 4.23. The molecule has 0 atom stereocenters. The van der Waals surface area contributed by atoms with Gasteiger partial charge < -0.3 is 20.0 Å². The smallest absolute Gasteiger partial charge is 0.266 e. The van der Waals surface area contributed by atoms with E-state index in [2.05, 4.69) is 34.2 Å². The number of nitrogens with zero attached hydrogens (tertiary/aromatic N) is 5. The third-order valence-electron chi connectivity index (χ3n) is 5.17. The second-order valence-electron chi connectivity index (χ2n) is 7.14. The molecule has 0 aromatic carbocycles. The molecule has 8 heteroatoms. The van der Waals surface area contributed by atoms with E-state index in [9.17, 15) is 10.1 Å². The number of hydrogen-bond acceptors (Lipinski definition) is 7. The quantitative estimate of drug-likeness (QED) is 0.636. The van der Waals surface area contributed by atoms with E-state index in [0.717, 1.165) is 56.3 Å². The highest BCUT2D eigenvalue weighted by atomic mass is 32.1. The lowest BCUT2D eigenvalue weighted by Gasteiger charge is -2.34. The molecule has 1 aromatic rings. The van der Waals surface area contributed by atoms with Gasteiger partial charge in [-0.1, -0.05) is 0 Å². The van der Waals surface area contributed by atoms with Gasteiger partial charge in [0.05, 0.1) is 5.69 Å². The van der Waals surface area contributed by atoms with E-state index in [0.29, 0.717) is 0 Å². The first-order chi connectivity index (χ1) is 12.5. The zero-order chi connectivity index (χ0) is 18.7. The van der Waals surface area contributed by atoms with Crippen molar-refractivity contribution >= 4 is 22.4 Å². The number of hydrogen-bond donors (Lipinski definition) is 1. The Bertz CT molecular complexity index is 729. The standard InChI is InChI=1S/C18H26N6OS/c1-22-7-4-14(5-8-22)24(3)17(25)13(10-19)11-20-18-21-15-6-9-23(2)12-16(15)26-18/h11,14H,4-9,12H2,1-3H3,(H,20,21)/b13-11-. The molecule has 2 aliphatic heterocycles. The zero-order valence-corrected chi connectivity index (χ0v) is 16.5.